The Morgan fingerprint density at radius 2 is 1.64 bits per heavy atom. The number of aliphatic carboxylic acids is 1. The Balaban J connectivity index is 1.49. The molecular weight excluding hydrogens is 470 g/mol. The van der Waals surface area contributed by atoms with Gasteiger partial charge in [0.05, 0.1) is 19.4 Å². The number of ketones is 1. The Hall–Kier alpha value is -4.47. The summed E-state index contributed by atoms with van der Waals surface area (Å²) in [7, 11) is 1.57. The summed E-state index contributed by atoms with van der Waals surface area (Å²) < 4.78 is 10.2. The standard InChI is InChI=1S/C26H25NO9/c1-34-23-10-8-19-13-21(7-6-20(19)14-23)24(26(30)31)11-9-22(28)16-35-25(29)12-17-2-4-18(5-3-17)15-36-27(32)33/h2-8,10,13-14,24H,9,11-12,15-16H2,1H3,(H,30,31)/t24-/m0/s1. The lowest BCUT2D eigenvalue weighted by Gasteiger charge is -2.14. The number of ether oxygens (including phenoxy) is 2. The average molecular weight is 495 g/mol. The van der Waals surface area contributed by atoms with Crippen molar-refractivity contribution in [3.63, 3.8) is 0 Å². The van der Waals surface area contributed by atoms with Crippen molar-refractivity contribution in [1.82, 2.24) is 0 Å². The van der Waals surface area contributed by atoms with E-state index < -0.39 is 29.6 Å². The number of hydrogen-bond acceptors (Lipinski definition) is 8. The van der Waals surface area contributed by atoms with E-state index >= 15 is 0 Å². The van der Waals surface area contributed by atoms with Crippen LogP contribution in [0.15, 0.2) is 60.7 Å². The predicted molar refractivity (Wildman–Crippen MR) is 128 cm³/mol. The number of hydrogen-bond donors (Lipinski definition) is 1. The molecule has 0 unspecified atom stereocenters. The summed E-state index contributed by atoms with van der Waals surface area (Å²) >= 11 is 0. The van der Waals surface area contributed by atoms with Gasteiger partial charge < -0.3 is 19.4 Å². The molecule has 1 N–H and O–H groups in total. The number of esters is 1. The molecule has 10 heteroatoms. The Morgan fingerprint density at radius 3 is 2.31 bits per heavy atom. The number of methoxy groups -OCH3 is 1. The number of carboxylic acid groups (broad SMARTS) is 1. The third-order valence-corrected chi connectivity index (χ3v) is 5.59. The quantitative estimate of drug-likeness (QED) is 0.212. The fraction of sp³-hybridized carbons (Fsp3) is 0.269. The van der Waals surface area contributed by atoms with Crippen molar-refractivity contribution in [3.05, 3.63) is 87.5 Å². The van der Waals surface area contributed by atoms with Crippen LogP contribution in [0.5, 0.6) is 5.75 Å². The summed E-state index contributed by atoms with van der Waals surface area (Å²) in [6.45, 7) is -0.644. The van der Waals surface area contributed by atoms with Crippen LogP contribution in [0.3, 0.4) is 0 Å². The van der Waals surface area contributed by atoms with Crippen molar-refractivity contribution >= 4 is 28.5 Å². The molecule has 0 aliphatic heterocycles. The number of carbonyl (C=O) groups is 3. The number of carboxylic acids is 1. The Kier molecular flexibility index (Phi) is 8.93. The fourth-order valence-corrected chi connectivity index (χ4v) is 3.66. The largest absolute Gasteiger partial charge is 0.497 e. The molecule has 10 nitrogen and oxygen atoms in total. The Morgan fingerprint density at radius 1 is 0.972 bits per heavy atom. The molecule has 0 amide bonds. The van der Waals surface area contributed by atoms with Crippen LogP contribution in [-0.2, 0) is 37.0 Å². The summed E-state index contributed by atoms with van der Waals surface area (Å²) in [4.78, 5) is 50.7. The van der Waals surface area contributed by atoms with E-state index in [0.717, 1.165) is 10.8 Å². The third-order valence-electron chi connectivity index (χ3n) is 5.59. The van der Waals surface area contributed by atoms with E-state index in [1.54, 1.807) is 49.6 Å². The van der Waals surface area contributed by atoms with Crippen molar-refractivity contribution in [2.45, 2.75) is 31.8 Å². The second kappa shape index (κ2) is 12.3. The number of fused-ring (bicyclic) bond motifs is 1. The maximum atomic E-state index is 12.3. The molecule has 0 heterocycles. The van der Waals surface area contributed by atoms with E-state index in [-0.39, 0.29) is 31.7 Å². The highest BCUT2D eigenvalue weighted by atomic mass is 16.9. The van der Waals surface area contributed by atoms with Crippen molar-refractivity contribution in [3.8, 4) is 5.75 Å². The molecule has 0 radical (unpaired) electrons. The minimum Gasteiger partial charge on any atom is -0.497 e. The molecule has 36 heavy (non-hydrogen) atoms. The molecule has 0 saturated carbocycles. The van der Waals surface area contributed by atoms with Crippen molar-refractivity contribution in [2.24, 2.45) is 0 Å². The van der Waals surface area contributed by atoms with Gasteiger partial charge in [-0.05, 0) is 46.0 Å². The van der Waals surface area contributed by atoms with E-state index in [1.165, 1.54) is 0 Å². The van der Waals surface area contributed by atoms with Crippen LogP contribution in [0.1, 0.15) is 35.4 Å². The Bertz CT molecular complexity index is 1250. The molecule has 0 spiro atoms. The van der Waals surface area contributed by atoms with Crippen molar-refractivity contribution in [2.75, 3.05) is 13.7 Å². The minimum absolute atomic E-state index is 0.0595. The molecule has 0 saturated heterocycles. The van der Waals surface area contributed by atoms with Gasteiger partial charge in [0.2, 0.25) is 0 Å². The normalized spacial score (nSPS) is 11.5. The average Bonchev–Trinajstić information content (AvgIpc) is 2.86. The van der Waals surface area contributed by atoms with Gasteiger partial charge in [-0.2, -0.15) is 0 Å². The second-order valence-corrected chi connectivity index (χ2v) is 8.09. The highest BCUT2D eigenvalue weighted by Crippen LogP contribution is 2.28. The van der Waals surface area contributed by atoms with E-state index in [2.05, 4.69) is 4.84 Å². The first-order valence-electron chi connectivity index (χ1n) is 11.1. The molecule has 3 aromatic rings. The van der Waals surface area contributed by atoms with Crippen LogP contribution in [0.4, 0.5) is 0 Å². The first-order chi connectivity index (χ1) is 17.2. The number of Topliss-reactive ketones (excluding diaryl/α,β-unsaturated/α-hetero) is 1. The number of benzene rings is 3. The van der Waals surface area contributed by atoms with Crippen LogP contribution in [0.2, 0.25) is 0 Å². The summed E-state index contributed by atoms with van der Waals surface area (Å²) in [5.41, 5.74) is 1.76. The van der Waals surface area contributed by atoms with Gasteiger partial charge in [0.25, 0.3) is 5.09 Å². The molecule has 0 bridgehead atoms. The molecule has 1 atom stereocenters. The monoisotopic (exact) mass is 495 g/mol. The van der Waals surface area contributed by atoms with Gasteiger partial charge >= 0.3 is 11.9 Å². The van der Waals surface area contributed by atoms with Crippen molar-refractivity contribution in [1.29, 1.82) is 0 Å². The zero-order valence-corrected chi connectivity index (χ0v) is 19.5. The number of nitrogens with zero attached hydrogens (tertiary/aromatic N) is 1. The van der Waals surface area contributed by atoms with Crippen LogP contribution in [0.25, 0.3) is 10.8 Å². The van der Waals surface area contributed by atoms with E-state index in [0.29, 0.717) is 22.4 Å². The van der Waals surface area contributed by atoms with E-state index in [9.17, 15) is 29.6 Å². The number of carbonyl (C=O) groups excluding carboxylic acids is 2. The first-order valence-corrected chi connectivity index (χ1v) is 11.1. The molecule has 0 aliphatic rings. The maximum Gasteiger partial charge on any atom is 0.310 e. The van der Waals surface area contributed by atoms with Crippen molar-refractivity contribution < 1.29 is 38.9 Å². The highest BCUT2D eigenvalue weighted by Gasteiger charge is 2.22. The molecule has 188 valence electrons. The lowest BCUT2D eigenvalue weighted by molar-refractivity contribution is -0.763. The van der Waals surface area contributed by atoms with Gasteiger partial charge in [-0.3, -0.25) is 14.4 Å². The van der Waals surface area contributed by atoms with Gasteiger partial charge in [0.1, 0.15) is 19.0 Å². The molecule has 0 aromatic heterocycles. The molecule has 3 rings (SSSR count). The smallest absolute Gasteiger partial charge is 0.310 e. The predicted octanol–water partition coefficient (Wildman–Crippen LogP) is 3.86. The SMILES string of the molecule is COc1ccc2cc([C@H](CCC(=O)COC(=O)Cc3ccc(CO[N+](=O)[O-])cc3)C(=O)O)ccc2c1. The van der Waals surface area contributed by atoms with E-state index in [1.807, 2.05) is 18.2 Å². The second-order valence-electron chi connectivity index (χ2n) is 8.09. The topological polar surface area (TPSA) is 142 Å². The zero-order valence-electron chi connectivity index (χ0n) is 19.5. The van der Waals surface area contributed by atoms with Crippen LogP contribution >= 0.6 is 0 Å². The van der Waals surface area contributed by atoms with Gasteiger partial charge in [-0.25, -0.2) is 0 Å². The van der Waals surface area contributed by atoms with Crippen LogP contribution in [-0.4, -0.2) is 41.6 Å². The first kappa shape index (κ1) is 26.1. The fourth-order valence-electron chi connectivity index (χ4n) is 3.66. The highest BCUT2D eigenvalue weighted by molar-refractivity contribution is 5.87. The number of rotatable bonds is 13. The van der Waals surface area contributed by atoms with E-state index in [4.69, 9.17) is 9.47 Å². The third kappa shape index (κ3) is 7.52. The summed E-state index contributed by atoms with van der Waals surface area (Å²) in [6.07, 6.45) is -0.0691. The maximum absolute atomic E-state index is 12.3. The zero-order chi connectivity index (χ0) is 26.1. The van der Waals surface area contributed by atoms with Gasteiger partial charge in [-0.15, -0.1) is 10.1 Å². The van der Waals surface area contributed by atoms with Gasteiger partial charge in [-0.1, -0.05) is 48.5 Å². The lowest BCUT2D eigenvalue weighted by Crippen LogP contribution is -2.18. The lowest BCUT2D eigenvalue weighted by atomic mass is 9.91. The molecule has 0 fully saturated rings. The molecule has 0 aliphatic carbocycles. The molecular formula is C26H25NO9. The van der Waals surface area contributed by atoms with Gasteiger partial charge in [0.15, 0.2) is 5.78 Å². The summed E-state index contributed by atoms with van der Waals surface area (Å²) in [5.74, 6) is -2.22. The summed E-state index contributed by atoms with van der Waals surface area (Å²) in [6, 6.07) is 17.2. The van der Waals surface area contributed by atoms with Gasteiger partial charge in [0, 0.05) is 6.42 Å². The summed E-state index contributed by atoms with van der Waals surface area (Å²) in [5, 5.41) is 20.8. The minimum atomic E-state index is -1.04. The Labute approximate surface area is 206 Å². The van der Waals surface area contributed by atoms with Crippen LogP contribution < -0.4 is 4.74 Å². The van der Waals surface area contributed by atoms with Crippen LogP contribution in [0, 0.1) is 10.1 Å². The molecule has 3 aromatic carbocycles.